The quantitative estimate of drug-likeness (QED) is 0.896. The number of hydrogen-bond acceptors (Lipinski definition) is 2. The van der Waals surface area contributed by atoms with E-state index < -0.39 is 0 Å². The molecule has 0 aromatic heterocycles. The van der Waals surface area contributed by atoms with Crippen LogP contribution >= 0.6 is 0 Å². The first kappa shape index (κ1) is 13.6. The van der Waals surface area contributed by atoms with Crippen LogP contribution in [0.25, 0.3) is 0 Å². The molecule has 0 saturated carbocycles. The van der Waals surface area contributed by atoms with E-state index in [0.29, 0.717) is 19.4 Å². The fourth-order valence-corrected chi connectivity index (χ4v) is 2.51. The van der Waals surface area contributed by atoms with Crippen LogP contribution in [0.5, 0.6) is 0 Å². The Kier molecular flexibility index (Phi) is 4.20. The summed E-state index contributed by atoms with van der Waals surface area (Å²) in [5.74, 6) is 0.0262. The highest BCUT2D eigenvalue weighted by molar-refractivity contribution is 5.91. The summed E-state index contributed by atoms with van der Waals surface area (Å²) in [6.45, 7) is 4.40. The number of likely N-dealkylation sites (tertiary alicyclic amines) is 1. The summed E-state index contributed by atoms with van der Waals surface area (Å²) in [4.78, 5) is 25.6. The normalized spacial score (nSPS) is 19.0. The molecule has 0 spiro atoms. The van der Waals surface area contributed by atoms with Gasteiger partial charge in [-0.2, -0.15) is 0 Å². The largest absolute Gasteiger partial charge is 0.350 e. The maximum atomic E-state index is 12.2. The highest BCUT2D eigenvalue weighted by Crippen LogP contribution is 2.21. The molecule has 0 radical (unpaired) electrons. The molecule has 1 fully saturated rings. The van der Waals surface area contributed by atoms with E-state index in [1.165, 1.54) is 0 Å². The third kappa shape index (κ3) is 3.13. The molecular formula is C15H20N2O2. The lowest BCUT2D eigenvalue weighted by Crippen LogP contribution is -2.47. The van der Waals surface area contributed by atoms with E-state index in [1.807, 2.05) is 44.2 Å². The molecule has 2 amide bonds. The van der Waals surface area contributed by atoms with E-state index >= 15 is 0 Å². The molecule has 0 bridgehead atoms. The zero-order valence-corrected chi connectivity index (χ0v) is 11.4. The molecule has 0 aliphatic carbocycles. The lowest BCUT2D eigenvalue weighted by Gasteiger charge is -2.27. The molecule has 1 aliphatic heterocycles. The van der Waals surface area contributed by atoms with Crippen LogP contribution in [0.4, 0.5) is 0 Å². The molecule has 4 heteroatoms. The van der Waals surface area contributed by atoms with Crippen molar-refractivity contribution >= 4 is 11.8 Å². The van der Waals surface area contributed by atoms with Crippen molar-refractivity contribution in [3.8, 4) is 0 Å². The Hall–Kier alpha value is -1.84. The molecule has 1 saturated heterocycles. The number of carbonyl (C=O) groups is 2. The fraction of sp³-hybridized carbons (Fsp3) is 0.467. The Balaban J connectivity index is 1.95. The van der Waals surface area contributed by atoms with Gasteiger partial charge < -0.3 is 10.2 Å². The van der Waals surface area contributed by atoms with Gasteiger partial charge in [-0.3, -0.25) is 9.59 Å². The summed E-state index contributed by atoms with van der Waals surface area (Å²) >= 11 is 0. The average molecular weight is 260 g/mol. The summed E-state index contributed by atoms with van der Waals surface area (Å²) in [6.07, 6.45) is 1.10. The van der Waals surface area contributed by atoms with E-state index in [4.69, 9.17) is 0 Å². The molecule has 0 unspecified atom stereocenters. The number of hydrogen-bond donors (Lipinski definition) is 1. The van der Waals surface area contributed by atoms with Gasteiger partial charge in [0, 0.05) is 19.0 Å². The second-order valence-electron chi connectivity index (χ2n) is 5.15. The van der Waals surface area contributed by atoms with Crippen molar-refractivity contribution in [2.75, 3.05) is 0 Å². The monoisotopic (exact) mass is 260 g/mol. The first-order valence-corrected chi connectivity index (χ1v) is 6.72. The van der Waals surface area contributed by atoms with Crippen LogP contribution in [0, 0.1) is 0 Å². The molecule has 1 atom stereocenters. The van der Waals surface area contributed by atoms with Crippen LogP contribution in [-0.4, -0.2) is 28.8 Å². The topological polar surface area (TPSA) is 49.4 Å². The van der Waals surface area contributed by atoms with E-state index in [-0.39, 0.29) is 23.9 Å². The van der Waals surface area contributed by atoms with Crippen molar-refractivity contribution in [2.45, 2.75) is 45.3 Å². The predicted octanol–water partition coefficient (Wildman–Crippen LogP) is 1.70. The van der Waals surface area contributed by atoms with Crippen LogP contribution in [-0.2, 0) is 16.1 Å². The second-order valence-corrected chi connectivity index (χ2v) is 5.15. The molecule has 102 valence electrons. The van der Waals surface area contributed by atoms with Crippen LogP contribution in [0.1, 0.15) is 32.3 Å². The molecule has 19 heavy (non-hydrogen) atoms. The van der Waals surface area contributed by atoms with Gasteiger partial charge in [0.1, 0.15) is 6.04 Å². The summed E-state index contributed by atoms with van der Waals surface area (Å²) in [5.41, 5.74) is 1.07. The third-order valence-electron chi connectivity index (χ3n) is 3.42. The van der Waals surface area contributed by atoms with Crippen LogP contribution in [0.3, 0.4) is 0 Å². The van der Waals surface area contributed by atoms with E-state index in [1.54, 1.807) is 4.90 Å². The molecule has 2 rings (SSSR count). The Labute approximate surface area is 113 Å². The number of carbonyl (C=O) groups excluding carboxylic acids is 2. The van der Waals surface area contributed by atoms with Crippen molar-refractivity contribution in [3.63, 3.8) is 0 Å². The zero-order valence-electron chi connectivity index (χ0n) is 11.4. The molecule has 1 aromatic carbocycles. The maximum Gasteiger partial charge on any atom is 0.243 e. The minimum absolute atomic E-state index is 0.0524. The maximum absolute atomic E-state index is 12.2. The number of benzene rings is 1. The summed E-state index contributed by atoms with van der Waals surface area (Å²) < 4.78 is 0. The SMILES string of the molecule is CC(C)N1C(=O)CC[C@H]1C(=O)NCc1ccccc1. The van der Waals surface area contributed by atoms with Gasteiger partial charge >= 0.3 is 0 Å². The van der Waals surface area contributed by atoms with E-state index in [2.05, 4.69) is 5.32 Å². The first-order chi connectivity index (χ1) is 9.09. The van der Waals surface area contributed by atoms with E-state index in [0.717, 1.165) is 5.56 Å². The van der Waals surface area contributed by atoms with Gasteiger partial charge in [0.15, 0.2) is 0 Å². The van der Waals surface area contributed by atoms with Gasteiger partial charge in [-0.15, -0.1) is 0 Å². The summed E-state index contributed by atoms with van der Waals surface area (Å²) in [6, 6.07) is 9.54. The van der Waals surface area contributed by atoms with Crippen molar-refractivity contribution in [3.05, 3.63) is 35.9 Å². The first-order valence-electron chi connectivity index (χ1n) is 6.72. The minimum atomic E-state index is -0.309. The van der Waals surface area contributed by atoms with E-state index in [9.17, 15) is 9.59 Å². The van der Waals surface area contributed by atoms with Gasteiger partial charge in [0.2, 0.25) is 11.8 Å². The molecule has 1 aromatic rings. The highest BCUT2D eigenvalue weighted by atomic mass is 16.2. The standard InChI is InChI=1S/C15H20N2O2/c1-11(2)17-13(8-9-14(17)18)15(19)16-10-12-6-4-3-5-7-12/h3-7,11,13H,8-10H2,1-2H3,(H,16,19)/t13-/m0/s1. The van der Waals surface area contributed by atoms with Gasteiger partial charge in [-0.1, -0.05) is 30.3 Å². The minimum Gasteiger partial charge on any atom is -0.350 e. The molecule has 1 heterocycles. The van der Waals surface area contributed by atoms with Crippen LogP contribution in [0.15, 0.2) is 30.3 Å². The fourth-order valence-electron chi connectivity index (χ4n) is 2.51. The Morgan fingerprint density at radius 3 is 2.68 bits per heavy atom. The number of amides is 2. The number of nitrogens with zero attached hydrogens (tertiary/aromatic N) is 1. The lowest BCUT2D eigenvalue weighted by molar-refractivity contribution is -0.137. The Morgan fingerprint density at radius 1 is 1.37 bits per heavy atom. The Morgan fingerprint density at radius 2 is 2.05 bits per heavy atom. The highest BCUT2D eigenvalue weighted by Gasteiger charge is 2.37. The smallest absolute Gasteiger partial charge is 0.243 e. The third-order valence-corrected chi connectivity index (χ3v) is 3.42. The second kappa shape index (κ2) is 5.87. The molecule has 4 nitrogen and oxygen atoms in total. The zero-order chi connectivity index (χ0) is 13.8. The Bertz CT molecular complexity index is 456. The van der Waals surface area contributed by atoms with Crippen molar-refractivity contribution in [2.24, 2.45) is 0 Å². The molecule has 1 N–H and O–H groups in total. The number of nitrogens with one attached hydrogen (secondary N) is 1. The van der Waals surface area contributed by atoms with Gasteiger partial charge in [-0.25, -0.2) is 0 Å². The molecule has 1 aliphatic rings. The molecular weight excluding hydrogens is 240 g/mol. The van der Waals surface area contributed by atoms with Crippen molar-refractivity contribution in [1.29, 1.82) is 0 Å². The van der Waals surface area contributed by atoms with Crippen molar-refractivity contribution < 1.29 is 9.59 Å². The predicted molar refractivity (Wildman–Crippen MR) is 73.3 cm³/mol. The van der Waals surface area contributed by atoms with Crippen LogP contribution in [0.2, 0.25) is 0 Å². The van der Waals surface area contributed by atoms with Crippen LogP contribution < -0.4 is 5.32 Å². The van der Waals surface area contributed by atoms with Crippen molar-refractivity contribution in [1.82, 2.24) is 10.2 Å². The van der Waals surface area contributed by atoms with Gasteiger partial charge in [-0.05, 0) is 25.8 Å². The average Bonchev–Trinajstić information content (AvgIpc) is 2.79. The summed E-state index contributed by atoms with van der Waals surface area (Å²) in [5, 5.41) is 2.91. The summed E-state index contributed by atoms with van der Waals surface area (Å²) in [7, 11) is 0. The lowest BCUT2D eigenvalue weighted by atomic mass is 10.1. The van der Waals surface area contributed by atoms with Gasteiger partial charge in [0.25, 0.3) is 0 Å². The number of rotatable bonds is 4. The van der Waals surface area contributed by atoms with Gasteiger partial charge in [0.05, 0.1) is 0 Å².